The molecule has 0 radical (unpaired) electrons. The van der Waals surface area contributed by atoms with E-state index in [1.165, 1.54) is 0 Å². The quantitative estimate of drug-likeness (QED) is 0.450. The van der Waals surface area contributed by atoms with Crippen molar-refractivity contribution in [3.8, 4) is 11.3 Å². The normalized spacial score (nSPS) is 11.6. The Hall–Kier alpha value is -3.52. The molecule has 0 spiro atoms. The predicted octanol–water partition coefficient (Wildman–Crippen LogP) is 4.95. The number of benzene rings is 1. The third kappa shape index (κ3) is 3.15. The Kier molecular flexibility index (Phi) is 4.36. The predicted molar refractivity (Wildman–Crippen MR) is 119 cm³/mol. The van der Waals surface area contributed by atoms with Gasteiger partial charge >= 0.3 is 0 Å². The summed E-state index contributed by atoms with van der Waals surface area (Å²) in [5.74, 6) is -0.186. The average molecular weight is 417 g/mol. The minimum absolute atomic E-state index is 0.186. The first-order valence-electron chi connectivity index (χ1n) is 9.68. The van der Waals surface area contributed by atoms with Gasteiger partial charge in [-0.15, -0.1) is 11.3 Å². The first-order valence-corrected chi connectivity index (χ1v) is 10.6. The number of aromatic nitrogens is 5. The summed E-state index contributed by atoms with van der Waals surface area (Å²) in [5, 5.41) is 10.2. The molecular formula is C22H20N6OS. The fraction of sp³-hybridized carbons (Fsp3) is 0.182. The van der Waals surface area contributed by atoms with Gasteiger partial charge in [0.1, 0.15) is 0 Å². The Balaban J connectivity index is 1.38. The molecule has 30 heavy (non-hydrogen) atoms. The van der Waals surface area contributed by atoms with Gasteiger partial charge in [-0.25, -0.2) is 14.6 Å². The third-order valence-corrected chi connectivity index (χ3v) is 5.80. The number of amides is 1. The number of carbonyl (C=O) groups excluding carboxylic acids is 1. The van der Waals surface area contributed by atoms with E-state index < -0.39 is 0 Å². The molecule has 4 heterocycles. The maximum atomic E-state index is 12.9. The smallest absolute Gasteiger partial charge is 0.257 e. The summed E-state index contributed by atoms with van der Waals surface area (Å²) >= 11 is 1.60. The van der Waals surface area contributed by atoms with E-state index in [0.29, 0.717) is 11.3 Å². The van der Waals surface area contributed by atoms with Gasteiger partial charge in [-0.1, -0.05) is 12.1 Å². The molecule has 5 aromatic rings. The Morgan fingerprint density at radius 1 is 1.17 bits per heavy atom. The van der Waals surface area contributed by atoms with Gasteiger partial charge in [-0.2, -0.15) is 5.10 Å². The molecule has 0 unspecified atom stereocenters. The molecule has 0 saturated carbocycles. The number of aryl methyl sites for hydroxylation is 1. The lowest BCUT2D eigenvalue weighted by Crippen LogP contribution is -2.14. The number of hydrogen-bond acceptors (Lipinski definition) is 5. The van der Waals surface area contributed by atoms with Crippen LogP contribution in [0, 0.1) is 6.92 Å². The van der Waals surface area contributed by atoms with Crippen molar-refractivity contribution in [3.63, 3.8) is 0 Å². The molecule has 5 rings (SSSR count). The van der Waals surface area contributed by atoms with Gasteiger partial charge in [0.15, 0.2) is 10.6 Å². The van der Waals surface area contributed by atoms with Crippen LogP contribution in [-0.4, -0.2) is 30.1 Å². The molecule has 0 atom stereocenters. The zero-order valence-corrected chi connectivity index (χ0v) is 17.6. The fourth-order valence-electron chi connectivity index (χ4n) is 3.46. The van der Waals surface area contributed by atoms with Gasteiger partial charge in [0.2, 0.25) is 0 Å². The third-order valence-electron chi connectivity index (χ3n) is 5.03. The van der Waals surface area contributed by atoms with Crippen LogP contribution in [-0.2, 0) is 0 Å². The Morgan fingerprint density at radius 3 is 2.70 bits per heavy atom. The van der Waals surface area contributed by atoms with Crippen molar-refractivity contribution in [3.05, 3.63) is 65.6 Å². The average Bonchev–Trinajstić information content (AvgIpc) is 3.42. The maximum Gasteiger partial charge on any atom is 0.257 e. The van der Waals surface area contributed by atoms with E-state index in [-0.39, 0.29) is 11.9 Å². The molecule has 0 saturated heterocycles. The minimum atomic E-state index is -0.186. The minimum Gasteiger partial charge on any atom is -0.322 e. The van der Waals surface area contributed by atoms with Crippen LogP contribution < -0.4 is 5.32 Å². The number of thiazole rings is 1. The van der Waals surface area contributed by atoms with Crippen molar-refractivity contribution < 1.29 is 4.79 Å². The zero-order chi connectivity index (χ0) is 20.8. The second kappa shape index (κ2) is 7.07. The summed E-state index contributed by atoms with van der Waals surface area (Å²) in [6.07, 6.45) is 5.74. The Morgan fingerprint density at radius 2 is 1.97 bits per heavy atom. The van der Waals surface area contributed by atoms with E-state index in [1.807, 2.05) is 64.1 Å². The maximum absolute atomic E-state index is 12.9. The van der Waals surface area contributed by atoms with Crippen LogP contribution in [0.25, 0.3) is 27.3 Å². The monoisotopic (exact) mass is 416 g/mol. The van der Waals surface area contributed by atoms with E-state index in [9.17, 15) is 4.79 Å². The van der Waals surface area contributed by atoms with Gasteiger partial charge in [0, 0.05) is 40.5 Å². The number of pyridine rings is 1. The summed E-state index contributed by atoms with van der Waals surface area (Å²) < 4.78 is 3.87. The molecule has 0 fully saturated rings. The molecule has 8 heteroatoms. The van der Waals surface area contributed by atoms with Crippen molar-refractivity contribution in [2.45, 2.75) is 26.8 Å². The van der Waals surface area contributed by atoms with Gasteiger partial charge in [-0.3, -0.25) is 9.20 Å². The molecular weight excluding hydrogens is 396 g/mol. The van der Waals surface area contributed by atoms with Crippen LogP contribution >= 0.6 is 11.3 Å². The Labute approximate surface area is 177 Å². The second-order valence-corrected chi connectivity index (χ2v) is 8.34. The van der Waals surface area contributed by atoms with Crippen LogP contribution in [0.4, 0.5) is 5.69 Å². The summed E-state index contributed by atoms with van der Waals surface area (Å²) in [4.78, 5) is 23.1. The van der Waals surface area contributed by atoms with Crippen LogP contribution in [0.1, 0.15) is 35.9 Å². The summed E-state index contributed by atoms with van der Waals surface area (Å²) in [6, 6.07) is 9.76. The summed E-state index contributed by atoms with van der Waals surface area (Å²) in [7, 11) is 0. The lowest BCUT2D eigenvalue weighted by Gasteiger charge is -2.10. The molecule has 1 amide bonds. The van der Waals surface area contributed by atoms with Crippen LogP contribution in [0.5, 0.6) is 0 Å². The number of carbonyl (C=O) groups is 1. The van der Waals surface area contributed by atoms with E-state index in [2.05, 4.69) is 34.2 Å². The van der Waals surface area contributed by atoms with Crippen molar-refractivity contribution in [2.24, 2.45) is 0 Å². The number of anilines is 1. The molecule has 0 aliphatic rings. The number of fused-ring (bicyclic) bond motifs is 2. The lowest BCUT2D eigenvalue weighted by atomic mass is 10.1. The van der Waals surface area contributed by atoms with Gasteiger partial charge in [0.25, 0.3) is 5.91 Å². The molecule has 150 valence electrons. The van der Waals surface area contributed by atoms with Crippen molar-refractivity contribution in [1.82, 2.24) is 24.1 Å². The second-order valence-electron chi connectivity index (χ2n) is 7.47. The SMILES string of the molecule is Cc1nc2c(cnn2C(C)C)cc1C(=O)Nc1ccc(-c2cn3ccsc3n2)cc1. The molecule has 4 aromatic heterocycles. The lowest BCUT2D eigenvalue weighted by molar-refractivity contribution is 0.102. The largest absolute Gasteiger partial charge is 0.322 e. The van der Waals surface area contributed by atoms with E-state index in [0.717, 1.165) is 32.9 Å². The number of nitrogens with one attached hydrogen (secondary N) is 1. The van der Waals surface area contributed by atoms with E-state index >= 15 is 0 Å². The molecule has 0 aliphatic carbocycles. The Bertz CT molecular complexity index is 1350. The summed E-state index contributed by atoms with van der Waals surface area (Å²) in [6.45, 7) is 5.96. The topological polar surface area (TPSA) is 77.1 Å². The van der Waals surface area contributed by atoms with E-state index in [4.69, 9.17) is 0 Å². The highest BCUT2D eigenvalue weighted by Crippen LogP contribution is 2.24. The van der Waals surface area contributed by atoms with Gasteiger partial charge < -0.3 is 5.32 Å². The first-order chi connectivity index (χ1) is 14.5. The highest BCUT2D eigenvalue weighted by molar-refractivity contribution is 7.15. The number of hydrogen-bond donors (Lipinski definition) is 1. The number of rotatable bonds is 4. The molecule has 1 N–H and O–H groups in total. The highest BCUT2D eigenvalue weighted by Gasteiger charge is 2.16. The van der Waals surface area contributed by atoms with Crippen LogP contribution in [0.3, 0.4) is 0 Å². The highest BCUT2D eigenvalue weighted by atomic mass is 32.1. The van der Waals surface area contributed by atoms with Gasteiger partial charge in [0.05, 0.1) is 23.1 Å². The fourth-order valence-corrected chi connectivity index (χ4v) is 4.16. The standard InChI is InChI=1S/C22H20N6OS/c1-13(2)28-20-16(11-23-28)10-18(14(3)24-20)21(29)25-17-6-4-15(5-7-17)19-12-27-8-9-30-22(27)26-19/h4-13H,1-3H3,(H,25,29). The zero-order valence-electron chi connectivity index (χ0n) is 16.8. The molecule has 1 aromatic carbocycles. The van der Waals surface area contributed by atoms with Crippen molar-refractivity contribution >= 4 is 38.9 Å². The van der Waals surface area contributed by atoms with Crippen molar-refractivity contribution in [1.29, 1.82) is 0 Å². The molecule has 7 nitrogen and oxygen atoms in total. The van der Waals surface area contributed by atoms with Crippen molar-refractivity contribution in [2.75, 3.05) is 5.32 Å². The van der Waals surface area contributed by atoms with Crippen LogP contribution in [0.15, 0.2) is 54.3 Å². The summed E-state index contributed by atoms with van der Waals surface area (Å²) in [5.41, 5.74) is 4.66. The molecule has 0 aliphatic heterocycles. The van der Waals surface area contributed by atoms with E-state index in [1.54, 1.807) is 17.5 Å². The van der Waals surface area contributed by atoms with Gasteiger partial charge in [-0.05, 0) is 39.0 Å². The first kappa shape index (κ1) is 18.5. The molecule has 0 bridgehead atoms. The number of imidazole rings is 1. The van der Waals surface area contributed by atoms with Crippen LogP contribution in [0.2, 0.25) is 0 Å². The number of nitrogens with zero attached hydrogens (tertiary/aromatic N) is 5.